The molecule has 3 rings (SSSR count). The van der Waals surface area contributed by atoms with Crippen LogP contribution in [0.2, 0.25) is 0 Å². The highest BCUT2D eigenvalue weighted by atomic mass is 79.9. The lowest BCUT2D eigenvalue weighted by atomic mass is 9.71. The molecule has 2 unspecified atom stereocenters. The fourth-order valence-electron chi connectivity index (χ4n) is 3.35. The van der Waals surface area contributed by atoms with Gasteiger partial charge < -0.3 is 10.0 Å². The quantitative estimate of drug-likeness (QED) is 0.810. The Labute approximate surface area is 116 Å². The average Bonchev–Trinajstić information content (AvgIpc) is 2.37. The normalized spacial score (nSPS) is 32.1. The summed E-state index contributed by atoms with van der Waals surface area (Å²) in [5, 5.41) is 10.7. The third-order valence-electron chi connectivity index (χ3n) is 4.45. The summed E-state index contributed by atoms with van der Waals surface area (Å²) in [4.78, 5) is 6.83. The van der Waals surface area contributed by atoms with E-state index in [9.17, 15) is 5.11 Å². The molecule has 3 nitrogen and oxygen atoms in total. The van der Waals surface area contributed by atoms with Crippen molar-refractivity contribution in [2.75, 3.05) is 18.0 Å². The molecule has 1 aliphatic carbocycles. The van der Waals surface area contributed by atoms with Crippen molar-refractivity contribution in [2.24, 2.45) is 5.92 Å². The first-order valence-corrected chi connectivity index (χ1v) is 7.57. The summed E-state index contributed by atoms with van der Waals surface area (Å²) in [5.74, 6) is 1.44. The van der Waals surface area contributed by atoms with Crippen molar-refractivity contribution >= 4 is 21.7 Å². The van der Waals surface area contributed by atoms with Gasteiger partial charge in [0, 0.05) is 19.0 Å². The lowest BCUT2D eigenvalue weighted by Crippen LogP contribution is -2.53. The van der Waals surface area contributed by atoms with Crippen molar-refractivity contribution < 1.29 is 5.11 Å². The minimum atomic E-state index is -0.402. The molecule has 4 heteroatoms. The Morgan fingerprint density at radius 1 is 1.33 bits per heavy atom. The Morgan fingerprint density at radius 3 is 3.06 bits per heavy atom. The third kappa shape index (κ3) is 2.28. The van der Waals surface area contributed by atoms with E-state index in [1.165, 1.54) is 12.8 Å². The van der Waals surface area contributed by atoms with E-state index < -0.39 is 5.60 Å². The lowest BCUT2D eigenvalue weighted by Gasteiger charge is -2.47. The maximum absolute atomic E-state index is 10.7. The Balaban J connectivity index is 1.77. The first kappa shape index (κ1) is 12.4. The van der Waals surface area contributed by atoms with Crippen LogP contribution in [0.1, 0.15) is 32.1 Å². The van der Waals surface area contributed by atoms with Crippen LogP contribution >= 0.6 is 15.9 Å². The second kappa shape index (κ2) is 4.82. The molecule has 1 aromatic rings. The molecule has 1 saturated heterocycles. The summed E-state index contributed by atoms with van der Waals surface area (Å²) in [5.41, 5.74) is -0.402. The molecule has 2 heterocycles. The smallest absolute Gasteiger partial charge is 0.129 e. The summed E-state index contributed by atoms with van der Waals surface area (Å²) in [7, 11) is 0. The molecule has 1 N–H and O–H groups in total. The average molecular weight is 311 g/mol. The zero-order valence-corrected chi connectivity index (χ0v) is 12.1. The minimum Gasteiger partial charge on any atom is -0.389 e. The van der Waals surface area contributed by atoms with Gasteiger partial charge in [-0.25, -0.2) is 4.98 Å². The number of pyridine rings is 1. The van der Waals surface area contributed by atoms with Gasteiger partial charge in [-0.05, 0) is 47.3 Å². The van der Waals surface area contributed by atoms with Gasteiger partial charge in [0.25, 0.3) is 0 Å². The fraction of sp³-hybridized carbons (Fsp3) is 0.643. The third-order valence-corrected chi connectivity index (χ3v) is 4.89. The molecule has 1 aromatic heterocycles. The van der Waals surface area contributed by atoms with Gasteiger partial charge in [0.05, 0.1) is 5.60 Å². The molecule has 2 aliphatic rings. The monoisotopic (exact) mass is 310 g/mol. The number of aliphatic hydroxyl groups is 1. The van der Waals surface area contributed by atoms with E-state index in [-0.39, 0.29) is 0 Å². The number of halogens is 1. The molecule has 0 radical (unpaired) electrons. The van der Waals surface area contributed by atoms with Crippen LogP contribution < -0.4 is 4.90 Å². The van der Waals surface area contributed by atoms with Crippen molar-refractivity contribution in [3.8, 4) is 0 Å². The second-order valence-corrected chi connectivity index (χ2v) is 6.37. The van der Waals surface area contributed by atoms with Crippen LogP contribution in [-0.2, 0) is 0 Å². The molecule has 1 saturated carbocycles. The van der Waals surface area contributed by atoms with E-state index in [4.69, 9.17) is 0 Å². The molecule has 0 amide bonds. The number of hydrogen-bond donors (Lipinski definition) is 1. The first-order valence-electron chi connectivity index (χ1n) is 6.77. The first-order chi connectivity index (χ1) is 8.67. The van der Waals surface area contributed by atoms with Gasteiger partial charge in [0.1, 0.15) is 10.4 Å². The largest absolute Gasteiger partial charge is 0.389 e. The number of hydrogen-bond acceptors (Lipinski definition) is 3. The van der Waals surface area contributed by atoms with Gasteiger partial charge in [-0.1, -0.05) is 18.9 Å². The van der Waals surface area contributed by atoms with Crippen molar-refractivity contribution in [3.63, 3.8) is 0 Å². The summed E-state index contributed by atoms with van der Waals surface area (Å²) in [6, 6.07) is 6.02. The number of nitrogens with zero attached hydrogens (tertiary/aromatic N) is 2. The van der Waals surface area contributed by atoms with E-state index in [2.05, 4.69) is 31.9 Å². The van der Waals surface area contributed by atoms with E-state index >= 15 is 0 Å². The van der Waals surface area contributed by atoms with Crippen molar-refractivity contribution in [1.29, 1.82) is 0 Å². The van der Waals surface area contributed by atoms with Crippen LogP contribution in [0.5, 0.6) is 0 Å². The van der Waals surface area contributed by atoms with Crippen molar-refractivity contribution in [2.45, 2.75) is 37.7 Å². The molecule has 0 spiro atoms. The van der Waals surface area contributed by atoms with Gasteiger partial charge in [0.15, 0.2) is 0 Å². The van der Waals surface area contributed by atoms with Crippen LogP contribution in [0.25, 0.3) is 0 Å². The number of aromatic nitrogens is 1. The minimum absolute atomic E-state index is 0.402. The van der Waals surface area contributed by atoms with E-state index in [1.54, 1.807) is 0 Å². The molecule has 0 aromatic carbocycles. The highest BCUT2D eigenvalue weighted by Gasteiger charge is 2.42. The van der Waals surface area contributed by atoms with Crippen molar-refractivity contribution in [1.82, 2.24) is 4.98 Å². The number of rotatable bonds is 1. The molecule has 18 heavy (non-hydrogen) atoms. The molecule has 0 bridgehead atoms. The van der Waals surface area contributed by atoms with E-state index in [0.29, 0.717) is 5.92 Å². The molecule has 2 fully saturated rings. The van der Waals surface area contributed by atoms with Crippen LogP contribution in [0.15, 0.2) is 22.8 Å². The summed E-state index contributed by atoms with van der Waals surface area (Å²) < 4.78 is 0.879. The van der Waals surface area contributed by atoms with E-state index in [0.717, 1.165) is 42.8 Å². The lowest BCUT2D eigenvalue weighted by molar-refractivity contribution is -0.0613. The van der Waals surface area contributed by atoms with Crippen molar-refractivity contribution in [3.05, 3.63) is 22.8 Å². The standard InChI is InChI=1S/C14H19BrN2O/c15-12-5-3-6-13(16-12)17-9-8-14(18)7-2-1-4-11(14)10-17/h3,5-6,11,18H,1-2,4,7-10H2. The zero-order valence-electron chi connectivity index (χ0n) is 10.5. The maximum atomic E-state index is 10.7. The van der Waals surface area contributed by atoms with Crippen LogP contribution in [0.3, 0.4) is 0 Å². The maximum Gasteiger partial charge on any atom is 0.129 e. The fourth-order valence-corrected chi connectivity index (χ4v) is 3.69. The van der Waals surface area contributed by atoms with Gasteiger partial charge in [-0.2, -0.15) is 0 Å². The molecule has 2 atom stereocenters. The Bertz CT molecular complexity index is 440. The van der Waals surface area contributed by atoms with Gasteiger partial charge in [-0.3, -0.25) is 0 Å². The highest BCUT2D eigenvalue weighted by Crippen LogP contribution is 2.40. The molecule has 1 aliphatic heterocycles. The molecular weight excluding hydrogens is 292 g/mol. The second-order valence-electron chi connectivity index (χ2n) is 5.56. The van der Waals surface area contributed by atoms with Gasteiger partial charge >= 0.3 is 0 Å². The van der Waals surface area contributed by atoms with E-state index in [1.807, 2.05) is 12.1 Å². The summed E-state index contributed by atoms with van der Waals surface area (Å²) >= 11 is 3.42. The predicted molar refractivity (Wildman–Crippen MR) is 75.7 cm³/mol. The zero-order chi connectivity index (χ0) is 12.6. The summed E-state index contributed by atoms with van der Waals surface area (Å²) in [6.45, 7) is 1.86. The molecule has 98 valence electrons. The Hall–Kier alpha value is -0.610. The Kier molecular flexibility index (Phi) is 3.32. The number of fused-ring (bicyclic) bond motifs is 1. The topological polar surface area (TPSA) is 36.4 Å². The Morgan fingerprint density at radius 2 is 2.22 bits per heavy atom. The SMILES string of the molecule is OC12CCCCC1CN(c1cccc(Br)n1)CC2. The summed E-state index contributed by atoms with van der Waals surface area (Å²) in [6.07, 6.45) is 5.46. The molecular formula is C14H19BrN2O. The number of anilines is 1. The predicted octanol–water partition coefficient (Wildman–Crippen LogP) is 2.98. The van der Waals surface area contributed by atoms with Crippen LogP contribution in [0.4, 0.5) is 5.82 Å². The van der Waals surface area contributed by atoms with Gasteiger partial charge in [0.2, 0.25) is 0 Å². The van der Waals surface area contributed by atoms with Gasteiger partial charge in [-0.15, -0.1) is 0 Å². The van der Waals surface area contributed by atoms with Crippen LogP contribution in [-0.4, -0.2) is 28.8 Å². The number of piperidine rings is 1. The van der Waals surface area contributed by atoms with Crippen LogP contribution in [0, 0.1) is 5.92 Å². The highest BCUT2D eigenvalue weighted by molar-refractivity contribution is 9.10.